The first kappa shape index (κ1) is 29.2. The van der Waals surface area contributed by atoms with Gasteiger partial charge in [0.2, 0.25) is 0 Å². The zero-order chi connectivity index (χ0) is 27.3. The van der Waals surface area contributed by atoms with Gasteiger partial charge in [-0.3, -0.25) is 15.3 Å². The molecule has 1 saturated heterocycles. The quantitative estimate of drug-likeness (QED) is 0.448. The van der Waals surface area contributed by atoms with Crippen molar-refractivity contribution in [2.45, 2.75) is 40.5 Å². The number of benzene rings is 1. The number of rotatable bonds is 10. The summed E-state index contributed by atoms with van der Waals surface area (Å²) in [6.45, 7) is 15.2. The van der Waals surface area contributed by atoms with Crippen LogP contribution in [0.1, 0.15) is 39.2 Å². The Kier molecular flexibility index (Phi) is 11.6. The molecule has 0 atom stereocenters. The van der Waals surface area contributed by atoms with Crippen LogP contribution in [-0.4, -0.2) is 79.8 Å². The molecule has 3 rings (SSSR count). The minimum Gasteiger partial charge on any atom is -0.371 e. The zero-order valence-corrected chi connectivity index (χ0v) is 23.8. The molecule has 2 aliphatic heterocycles. The maximum absolute atomic E-state index is 8.91. The number of aliphatic imine (C=N–C) groups is 2. The lowest BCUT2D eigenvalue weighted by molar-refractivity contribution is 0.272. The summed E-state index contributed by atoms with van der Waals surface area (Å²) in [7, 11) is 2.12. The number of hydrogen-bond acceptors (Lipinski definition) is 7. The Balaban J connectivity index is 1.77. The molecule has 2 heterocycles. The molecular weight excluding hydrogens is 472 g/mol. The van der Waals surface area contributed by atoms with Crippen LogP contribution in [0.25, 0.3) is 0 Å². The van der Waals surface area contributed by atoms with E-state index in [-0.39, 0.29) is 0 Å². The van der Waals surface area contributed by atoms with Crippen molar-refractivity contribution in [3.8, 4) is 6.07 Å². The second-order valence-corrected chi connectivity index (χ2v) is 10.2. The van der Waals surface area contributed by atoms with E-state index < -0.39 is 0 Å². The highest BCUT2D eigenvalue weighted by atomic mass is 15.5. The van der Waals surface area contributed by atoms with Crippen LogP contribution in [0.3, 0.4) is 0 Å². The van der Waals surface area contributed by atoms with Crippen LogP contribution in [0.2, 0.25) is 0 Å². The van der Waals surface area contributed by atoms with Crippen molar-refractivity contribution in [3.05, 3.63) is 60.0 Å². The van der Waals surface area contributed by atoms with Gasteiger partial charge < -0.3 is 9.80 Å². The lowest BCUT2D eigenvalue weighted by Crippen LogP contribution is -2.39. The van der Waals surface area contributed by atoms with Gasteiger partial charge in [0.25, 0.3) is 0 Å². The number of nitriles is 1. The number of amidine groups is 1. The number of aryl methyl sites for hydroxylation is 1. The van der Waals surface area contributed by atoms with Gasteiger partial charge in [0.15, 0.2) is 5.84 Å². The molecule has 0 aromatic heterocycles. The van der Waals surface area contributed by atoms with E-state index >= 15 is 0 Å². The summed E-state index contributed by atoms with van der Waals surface area (Å²) in [6, 6.07) is 8.61. The normalized spacial score (nSPS) is 19.6. The van der Waals surface area contributed by atoms with Gasteiger partial charge in [-0.05, 0) is 69.1 Å². The van der Waals surface area contributed by atoms with Crippen LogP contribution in [-0.2, 0) is 0 Å². The maximum Gasteiger partial charge on any atom is 0.179 e. The Labute approximate surface area is 229 Å². The average molecular weight is 517 g/mol. The molecule has 1 aromatic carbocycles. The second kappa shape index (κ2) is 15.1. The first-order chi connectivity index (χ1) is 18.4. The predicted molar refractivity (Wildman–Crippen MR) is 160 cm³/mol. The smallest absolute Gasteiger partial charge is 0.179 e. The molecule has 1 fully saturated rings. The SMILES string of the molecule is C/C=C\N1NC=NC(=Nc2ccc(N(C)C/C=C/C(C)C)c(C)c2)/C1=C\CN1CCCN(CCC#N)CC1. The van der Waals surface area contributed by atoms with E-state index in [4.69, 9.17) is 10.3 Å². The van der Waals surface area contributed by atoms with Gasteiger partial charge in [0.1, 0.15) is 12.0 Å². The zero-order valence-electron chi connectivity index (χ0n) is 23.8. The van der Waals surface area contributed by atoms with Crippen molar-refractivity contribution in [2.24, 2.45) is 15.9 Å². The minimum atomic E-state index is 0.557. The molecule has 0 bridgehead atoms. The van der Waals surface area contributed by atoms with Crippen LogP contribution in [0.4, 0.5) is 11.4 Å². The van der Waals surface area contributed by atoms with E-state index in [0.29, 0.717) is 18.2 Å². The summed E-state index contributed by atoms with van der Waals surface area (Å²) in [5.74, 6) is 1.24. The van der Waals surface area contributed by atoms with Gasteiger partial charge in [-0.15, -0.1) is 0 Å². The van der Waals surface area contributed by atoms with Gasteiger partial charge in [-0.25, -0.2) is 9.98 Å². The second-order valence-electron chi connectivity index (χ2n) is 10.2. The predicted octanol–water partition coefficient (Wildman–Crippen LogP) is 4.86. The van der Waals surface area contributed by atoms with Crippen LogP contribution in [0, 0.1) is 24.2 Å². The van der Waals surface area contributed by atoms with Crippen molar-refractivity contribution in [1.29, 1.82) is 5.26 Å². The molecule has 1 N–H and O–H groups in total. The third-order valence-electron chi connectivity index (χ3n) is 6.66. The summed E-state index contributed by atoms with van der Waals surface area (Å²) in [5.41, 5.74) is 7.43. The molecule has 8 nitrogen and oxygen atoms in total. The van der Waals surface area contributed by atoms with E-state index in [9.17, 15) is 0 Å². The largest absolute Gasteiger partial charge is 0.371 e. The number of hydrazine groups is 1. The highest BCUT2D eigenvalue weighted by Gasteiger charge is 2.19. The monoisotopic (exact) mass is 516 g/mol. The van der Waals surface area contributed by atoms with E-state index in [1.54, 1.807) is 6.34 Å². The van der Waals surface area contributed by atoms with E-state index in [1.165, 1.54) is 11.3 Å². The third-order valence-corrected chi connectivity index (χ3v) is 6.66. The van der Waals surface area contributed by atoms with Crippen molar-refractivity contribution in [2.75, 3.05) is 57.8 Å². The van der Waals surface area contributed by atoms with Gasteiger partial charge in [0.05, 0.1) is 11.8 Å². The fourth-order valence-corrected chi connectivity index (χ4v) is 4.65. The topological polar surface area (TPSA) is 73.5 Å². The maximum atomic E-state index is 8.91. The molecule has 38 heavy (non-hydrogen) atoms. The molecule has 8 heteroatoms. The van der Waals surface area contributed by atoms with Crippen molar-refractivity contribution < 1.29 is 0 Å². The lowest BCUT2D eigenvalue weighted by Gasteiger charge is -2.27. The third kappa shape index (κ3) is 8.86. The number of likely N-dealkylation sites (N-methyl/N-ethyl adjacent to an activating group) is 1. The van der Waals surface area contributed by atoms with Gasteiger partial charge in [0, 0.05) is 58.1 Å². The summed E-state index contributed by atoms with van der Waals surface area (Å²) >= 11 is 0. The number of hydrogen-bond donors (Lipinski definition) is 1. The highest BCUT2D eigenvalue weighted by molar-refractivity contribution is 6.05. The number of allylic oxidation sites excluding steroid dienone is 2. The molecule has 0 aliphatic carbocycles. The summed E-state index contributed by atoms with van der Waals surface area (Å²) in [4.78, 5) is 16.7. The lowest BCUT2D eigenvalue weighted by atomic mass is 10.1. The fourth-order valence-electron chi connectivity index (χ4n) is 4.65. The fraction of sp³-hybridized carbons (Fsp3) is 0.500. The molecule has 0 radical (unpaired) electrons. The molecule has 204 valence electrons. The summed E-state index contributed by atoms with van der Waals surface area (Å²) < 4.78 is 0. The van der Waals surface area contributed by atoms with E-state index in [2.05, 4.69) is 95.4 Å². The molecule has 0 unspecified atom stereocenters. The summed E-state index contributed by atoms with van der Waals surface area (Å²) in [6.07, 6.45) is 14.1. The average Bonchev–Trinajstić information content (AvgIpc) is 3.12. The van der Waals surface area contributed by atoms with Crippen LogP contribution >= 0.6 is 0 Å². The number of nitrogens with one attached hydrogen (secondary N) is 1. The molecule has 1 aromatic rings. The van der Waals surface area contributed by atoms with Crippen molar-refractivity contribution in [3.63, 3.8) is 0 Å². The molecule has 0 spiro atoms. The van der Waals surface area contributed by atoms with E-state index in [0.717, 1.165) is 63.6 Å². The van der Waals surface area contributed by atoms with Crippen molar-refractivity contribution in [1.82, 2.24) is 20.2 Å². The van der Waals surface area contributed by atoms with Gasteiger partial charge in [-0.1, -0.05) is 32.1 Å². The Morgan fingerprint density at radius 3 is 2.74 bits per heavy atom. The molecular formula is C30H44N8. The first-order valence-corrected chi connectivity index (χ1v) is 13.7. The minimum absolute atomic E-state index is 0.557. The molecule has 0 amide bonds. The number of anilines is 1. The Morgan fingerprint density at radius 1 is 1.21 bits per heavy atom. The standard InChI is InChI=1S/C30H44N8/c1-6-15-38-29(13-20-37-19-9-18-36(21-22-37)17-8-14-31)30(32-24-33-38)34-27-11-12-28(26(4)23-27)35(5)16-7-10-25(2)3/h6-7,10-13,15,23-25H,8-9,16-22H2,1-5H3,(H,32,33,34)/b10-7+,15-6-,29-13+. The highest BCUT2D eigenvalue weighted by Crippen LogP contribution is 2.26. The number of nitrogens with zero attached hydrogens (tertiary/aromatic N) is 7. The molecule has 2 aliphatic rings. The van der Waals surface area contributed by atoms with Crippen LogP contribution in [0.15, 0.2) is 64.4 Å². The van der Waals surface area contributed by atoms with Crippen molar-refractivity contribution >= 4 is 23.5 Å². The van der Waals surface area contributed by atoms with E-state index in [1.807, 2.05) is 24.2 Å². The van der Waals surface area contributed by atoms with Crippen LogP contribution < -0.4 is 10.3 Å². The van der Waals surface area contributed by atoms with Gasteiger partial charge >= 0.3 is 0 Å². The van der Waals surface area contributed by atoms with Gasteiger partial charge in [-0.2, -0.15) is 5.26 Å². The Bertz CT molecular complexity index is 1090. The molecule has 0 saturated carbocycles. The summed E-state index contributed by atoms with van der Waals surface area (Å²) in [5, 5.41) is 10.9. The first-order valence-electron chi connectivity index (χ1n) is 13.7. The van der Waals surface area contributed by atoms with Crippen LogP contribution in [0.5, 0.6) is 0 Å². The Morgan fingerprint density at radius 2 is 2.00 bits per heavy atom. The Hall–Kier alpha value is -3.41.